The third-order valence-electron chi connectivity index (χ3n) is 2.72. The van der Waals surface area contributed by atoms with Crippen LogP contribution in [-0.2, 0) is 19.2 Å². The average molecular weight is 260 g/mol. The van der Waals surface area contributed by atoms with E-state index in [0.29, 0.717) is 4.90 Å². The molecule has 0 saturated carbocycles. The van der Waals surface area contributed by atoms with E-state index in [2.05, 4.69) is 0 Å². The Balaban J connectivity index is 2.95. The summed E-state index contributed by atoms with van der Waals surface area (Å²) in [7, 11) is 0. The molecule has 1 rings (SSSR count). The second-order valence-corrected chi connectivity index (χ2v) is 4.11. The van der Waals surface area contributed by atoms with Gasteiger partial charge in [-0.05, 0) is 0 Å². The van der Waals surface area contributed by atoms with Gasteiger partial charge in [0, 0.05) is 6.42 Å². The van der Waals surface area contributed by atoms with Gasteiger partial charge in [0.2, 0.25) is 5.91 Å². The molecule has 0 bridgehead atoms. The summed E-state index contributed by atoms with van der Waals surface area (Å²) in [5.41, 5.74) is 3.62. The molecule has 1 amide bonds. The average Bonchev–Trinajstić information content (AvgIpc) is 2.57. The first-order valence-corrected chi connectivity index (χ1v) is 4.94. The van der Waals surface area contributed by atoms with Crippen LogP contribution >= 0.6 is 0 Å². The fourth-order valence-electron chi connectivity index (χ4n) is 1.80. The summed E-state index contributed by atoms with van der Waals surface area (Å²) in [4.78, 5) is 44.4. The lowest BCUT2D eigenvalue weighted by Gasteiger charge is -2.21. The van der Waals surface area contributed by atoms with E-state index in [0.717, 1.165) is 0 Å². The highest BCUT2D eigenvalue weighted by Crippen LogP contribution is 2.26. The van der Waals surface area contributed by atoms with Gasteiger partial charge in [0.05, 0.1) is 6.54 Å². The van der Waals surface area contributed by atoms with E-state index in [-0.39, 0.29) is 0 Å². The van der Waals surface area contributed by atoms with Crippen molar-refractivity contribution >= 4 is 23.8 Å². The molecule has 1 aliphatic rings. The van der Waals surface area contributed by atoms with E-state index in [9.17, 15) is 19.2 Å². The van der Waals surface area contributed by atoms with Gasteiger partial charge in [-0.25, -0.2) is 4.79 Å². The van der Waals surface area contributed by atoms with Gasteiger partial charge in [-0.2, -0.15) is 0 Å². The number of carboxylic acid groups (broad SMARTS) is 3. The number of amides is 1. The van der Waals surface area contributed by atoms with Crippen molar-refractivity contribution in [2.45, 2.75) is 24.4 Å². The van der Waals surface area contributed by atoms with Crippen molar-refractivity contribution in [2.75, 3.05) is 6.54 Å². The van der Waals surface area contributed by atoms with Crippen molar-refractivity contribution in [3.63, 3.8) is 0 Å². The summed E-state index contributed by atoms with van der Waals surface area (Å²) in [6.45, 7) is -0.522. The zero-order chi connectivity index (χ0) is 14.1. The first-order valence-electron chi connectivity index (χ1n) is 4.94. The highest BCUT2D eigenvalue weighted by Gasteiger charge is 2.51. The van der Waals surface area contributed by atoms with Crippen molar-refractivity contribution in [2.24, 2.45) is 5.73 Å². The lowest BCUT2D eigenvalue weighted by Crippen LogP contribution is -2.50. The van der Waals surface area contributed by atoms with Crippen molar-refractivity contribution in [1.82, 2.24) is 4.90 Å². The van der Waals surface area contributed by atoms with Gasteiger partial charge < -0.3 is 26.0 Å². The van der Waals surface area contributed by atoms with Crippen LogP contribution in [-0.4, -0.2) is 62.2 Å². The zero-order valence-electron chi connectivity index (χ0n) is 9.20. The Morgan fingerprint density at radius 3 is 2.17 bits per heavy atom. The Labute approximate surface area is 101 Å². The molecule has 0 aromatic rings. The number of nitrogens with zero attached hydrogens (tertiary/aromatic N) is 1. The number of aliphatic carboxylic acids is 3. The lowest BCUT2D eigenvalue weighted by atomic mass is 9.98. The second-order valence-electron chi connectivity index (χ2n) is 4.11. The van der Waals surface area contributed by atoms with Crippen molar-refractivity contribution in [3.05, 3.63) is 0 Å². The normalized spacial score (nSPS) is 26.9. The molecule has 1 heterocycles. The van der Waals surface area contributed by atoms with Crippen molar-refractivity contribution in [3.8, 4) is 0 Å². The molecule has 9 nitrogen and oxygen atoms in total. The molecule has 18 heavy (non-hydrogen) atoms. The topological polar surface area (TPSA) is 158 Å². The molecule has 0 aliphatic carbocycles. The molecular formula is C9H12N2O7. The van der Waals surface area contributed by atoms with Crippen LogP contribution in [0, 0.1) is 0 Å². The quantitative estimate of drug-likeness (QED) is 0.419. The first-order chi connectivity index (χ1) is 8.17. The number of carbonyl (C=O) groups excluding carboxylic acids is 1. The van der Waals surface area contributed by atoms with Crippen LogP contribution in [0.1, 0.15) is 12.8 Å². The smallest absolute Gasteiger partial charge is 0.326 e. The molecule has 0 radical (unpaired) electrons. The van der Waals surface area contributed by atoms with Crippen molar-refractivity contribution in [1.29, 1.82) is 0 Å². The predicted molar refractivity (Wildman–Crippen MR) is 54.6 cm³/mol. The van der Waals surface area contributed by atoms with E-state index >= 15 is 0 Å². The largest absolute Gasteiger partial charge is 0.481 e. The molecule has 2 atom stereocenters. The van der Waals surface area contributed by atoms with E-state index < -0.39 is 54.8 Å². The molecule has 1 saturated heterocycles. The number of hydrogen-bond donors (Lipinski definition) is 4. The van der Waals surface area contributed by atoms with E-state index in [1.54, 1.807) is 0 Å². The Hall–Kier alpha value is -2.16. The minimum Gasteiger partial charge on any atom is -0.481 e. The number of nitrogens with two attached hydrogens (primary N) is 1. The van der Waals surface area contributed by atoms with Crippen LogP contribution in [0.2, 0.25) is 0 Å². The highest BCUT2D eigenvalue weighted by molar-refractivity contribution is 5.96. The summed E-state index contributed by atoms with van der Waals surface area (Å²) in [5.74, 6) is -5.24. The summed E-state index contributed by atoms with van der Waals surface area (Å²) in [6, 6.07) is -1.42. The van der Waals surface area contributed by atoms with E-state index in [1.807, 2.05) is 0 Å². The zero-order valence-corrected chi connectivity index (χ0v) is 9.20. The molecule has 0 spiro atoms. The Morgan fingerprint density at radius 1 is 1.22 bits per heavy atom. The fourth-order valence-corrected chi connectivity index (χ4v) is 1.80. The van der Waals surface area contributed by atoms with Crippen LogP contribution in [0.3, 0.4) is 0 Å². The number of carbonyl (C=O) groups is 4. The molecule has 0 aromatic carbocycles. The van der Waals surface area contributed by atoms with Gasteiger partial charge in [-0.3, -0.25) is 14.4 Å². The third kappa shape index (κ3) is 2.56. The Morgan fingerprint density at radius 2 is 1.78 bits per heavy atom. The van der Waals surface area contributed by atoms with Gasteiger partial charge in [0.25, 0.3) is 0 Å². The predicted octanol–water partition coefficient (Wildman–Crippen LogP) is -2.07. The van der Waals surface area contributed by atoms with Crippen LogP contribution in [0.4, 0.5) is 0 Å². The van der Waals surface area contributed by atoms with E-state index in [1.165, 1.54) is 0 Å². The number of carboxylic acids is 3. The Bertz CT molecular complexity index is 421. The lowest BCUT2D eigenvalue weighted by molar-refractivity contribution is -0.151. The van der Waals surface area contributed by atoms with Crippen LogP contribution < -0.4 is 5.73 Å². The van der Waals surface area contributed by atoms with Gasteiger partial charge in [0.1, 0.15) is 18.0 Å². The molecular weight excluding hydrogens is 248 g/mol. The summed E-state index contributed by atoms with van der Waals surface area (Å²) >= 11 is 0. The molecule has 1 fully saturated rings. The first kappa shape index (κ1) is 13.9. The maximum Gasteiger partial charge on any atom is 0.326 e. The maximum absolute atomic E-state index is 11.5. The fraction of sp³-hybridized carbons (Fsp3) is 0.556. The SMILES string of the molecule is N[C@]1(C(=O)O)C[C@@H](C(=O)O)N(C(=O)CC(=O)O)C1. The maximum atomic E-state index is 11.5. The molecule has 9 heteroatoms. The van der Waals surface area contributed by atoms with Gasteiger partial charge in [-0.1, -0.05) is 0 Å². The van der Waals surface area contributed by atoms with E-state index in [4.69, 9.17) is 21.1 Å². The second kappa shape index (κ2) is 4.61. The third-order valence-corrected chi connectivity index (χ3v) is 2.72. The number of hydrogen-bond acceptors (Lipinski definition) is 5. The monoisotopic (exact) mass is 260 g/mol. The molecule has 0 unspecified atom stereocenters. The van der Waals surface area contributed by atoms with Gasteiger partial charge in [-0.15, -0.1) is 0 Å². The van der Waals surface area contributed by atoms with Crippen molar-refractivity contribution < 1.29 is 34.5 Å². The molecule has 100 valence electrons. The van der Waals surface area contributed by atoms with Crippen LogP contribution in [0.25, 0.3) is 0 Å². The van der Waals surface area contributed by atoms with Gasteiger partial charge in [0.15, 0.2) is 0 Å². The highest BCUT2D eigenvalue weighted by atomic mass is 16.4. The molecule has 0 aromatic heterocycles. The molecule has 1 aliphatic heterocycles. The summed E-state index contributed by atoms with van der Waals surface area (Å²) in [6.07, 6.45) is -1.36. The number of rotatable bonds is 4. The van der Waals surface area contributed by atoms with Crippen LogP contribution in [0.5, 0.6) is 0 Å². The van der Waals surface area contributed by atoms with Crippen LogP contribution in [0.15, 0.2) is 0 Å². The van der Waals surface area contributed by atoms with Gasteiger partial charge >= 0.3 is 17.9 Å². The number of likely N-dealkylation sites (tertiary alicyclic amines) is 1. The minimum atomic E-state index is -1.86. The summed E-state index contributed by atoms with van der Waals surface area (Å²) < 4.78 is 0. The Kier molecular flexibility index (Phi) is 3.56. The summed E-state index contributed by atoms with van der Waals surface area (Å²) in [5, 5.41) is 26.2. The molecule has 5 N–H and O–H groups in total. The standard InChI is InChI=1S/C9H12N2O7/c10-9(8(17)18)2-4(7(15)16)11(3-9)5(12)1-6(13)14/h4H,1-3,10H2,(H,13,14)(H,15,16)(H,17,18)/t4-,9+/m0/s1. The minimum absolute atomic E-state index is 0.455.